The molecule has 3 atom stereocenters. The van der Waals surface area contributed by atoms with Gasteiger partial charge in [0.25, 0.3) is 0 Å². The zero-order valence-corrected chi connectivity index (χ0v) is 17.3. The second-order valence-electron chi connectivity index (χ2n) is 8.80. The fourth-order valence-electron chi connectivity index (χ4n) is 5.03. The lowest BCUT2D eigenvalue weighted by atomic mass is 9.80. The average Bonchev–Trinajstić information content (AvgIpc) is 3.11. The van der Waals surface area contributed by atoms with Crippen LogP contribution in [0.1, 0.15) is 37.1 Å². The third-order valence-electron chi connectivity index (χ3n) is 6.28. The Morgan fingerprint density at radius 2 is 1.97 bits per heavy atom. The smallest absolute Gasteiger partial charge is 0.225 e. The predicted molar refractivity (Wildman–Crippen MR) is 110 cm³/mol. The molecule has 154 valence electrons. The Labute approximate surface area is 172 Å². The van der Waals surface area contributed by atoms with Crippen LogP contribution >= 0.6 is 0 Å². The Morgan fingerprint density at radius 3 is 2.76 bits per heavy atom. The molecule has 29 heavy (non-hydrogen) atoms. The fraction of sp³-hybridized carbons (Fsp3) is 0.591. The lowest BCUT2D eigenvalue weighted by molar-refractivity contribution is -0.00584. The lowest BCUT2D eigenvalue weighted by Crippen LogP contribution is -2.47. The number of pyridine rings is 1. The maximum Gasteiger partial charge on any atom is 0.225 e. The van der Waals surface area contributed by atoms with Gasteiger partial charge in [-0.15, -0.1) is 0 Å². The summed E-state index contributed by atoms with van der Waals surface area (Å²) in [5.41, 5.74) is 3.59. The first-order chi connectivity index (χ1) is 14.1. The number of fused-ring (bicyclic) bond motifs is 2. The van der Waals surface area contributed by atoms with Gasteiger partial charge in [-0.3, -0.25) is 9.88 Å². The first kappa shape index (κ1) is 18.9. The molecule has 0 aromatic carbocycles. The van der Waals surface area contributed by atoms with Gasteiger partial charge in [-0.05, 0) is 44.5 Å². The molecule has 5 rings (SSSR count). The van der Waals surface area contributed by atoms with E-state index >= 15 is 0 Å². The van der Waals surface area contributed by atoms with E-state index in [9.17, 15) is 0 Å². The first-order valence-electron chi connectivity index (χ1n) is 10.6. The minimum Gasteiger partial charge on any atom is -0.376 e. The molecule has 2 aromatic rings. The van der Waals surface area contributed by atoms with E-state index < -0.39 is 0 Å². The quantitative estimate of drug-likeness (QED) is 0.789. The standard InChI is InChI=1S/C22H29N5O2/c1-16-10-27(11-17(2)29-16)21-24-9-19-13-28-15-22(20(19)25-21)5-8-26(14-22)12-18-3-6-23-7-4-18/h3-4,6-7,9,16-17H,5,8,10-15H2,1-2H3/t16-,17+,22-/m0/s1. The van der Waals surface area contributed by atoms with Crippen LogP contribution < -0.4 is 4.90 Å². The summed E-state index contributed by atoms with van der Waals surface area (Å²) in [6.45, 7) is 10.2. The molecule has 0 unspecified atom stereocenters. The zero-order valence-electron chi connectivity index (χ0n) is 17.3. The topological polar surface area (TPSA) is 63.6 Å². The molecule has 3 aliphatic heterocycles. The number of rotatable bonds is 3. The van der Waals surface area contributed by atoms with Crippen LogP contribution in [0.4, 0.5) is 5.95 Å². The van der Waals surface area contributed by atoms with Gasteiger partial charge in [-0.1, -0.05) is 0 Å². The van der Waals surface area contributed by atoms with Crippen LogP contribution in [0.2, 0.25) is 0 Å². The molecule has 3 aliphatic rings. The highest BCUT2D eigenvalue weighted by Crippen LogP contribution is 2.40. The predicted octanol–water partition coefficient (Wildman–Crippen LogP) is 2.16. The van der Waals surface area contributed by atoms with Crippen molar-refractivity contribution in [2.45, 2.75) is 51.0 Å². The molecule has 1 spiro atoms. The van der Waals surface area contributed by atoms with E-state index in [1.807, 2.05) is 18.6 Å². The van der Waals surface area contributed by atoms with E-state index in [1.54, 1.807) is 0 Å². The highest BCUT2D eigenvalue weighted by Gasteiger charge is 2.45. The maximum absolute atomic E-state index is 6.00. The SMILES string of the molecule is C[C@@H]1CN(c2ncc3c(n2)[C@]2(CCN(Cc4ccncc4)C2)COC3)C[C@H](C)O1. The van der Waals surface area contributed by atoms with Crippen molar-refractivity contribution in [3.8, 4) is 0 Å². The third kappa shape index (κ3) is 3.74. The molecule has 2 aromatic heterocycles. The first-order valence-corrected chi connectivity index (χ1v) is 10.6. The van der Waals surface area contributed by atoms with Crippen molar-refractivity contribution in [2.75, 3.05) is 37.7 Å². The van der Waals surface area contributed by atoms with Gasteiger partial charge in [0.2, 0.25) is 5.95 Å². The van der Waals surface area contributed by atoms with E-state index in [2.05, 4.69) is 45.7 Å². The number of morpholine rings is 1. The number of anilines is 1. The zero-order chi connectivity index (χ0) is 19.8. The van der Waals surface area contributed by atoms with Crippen molar-refractivity contribution in [3.63, 3.8) is 0 Å². The van der Waals surface area contributed by atoms with Crippen LogP contribution in [0.25, 0.3) is 0 Å². The van der Waals surface area contributed by atoms with Crippen LogP contribution in [-0.2, 0) is 28.0 Å². The number of hydrogen-bond acceptors (Lipinski definition) is 7. The molecule has 2 fully saturated rings. The number of nitrogens with zero attached hydrogens (tertiary/aromatic N) is 5. The van der Waals surface area contributed by atoms with Crippen LogP contribution in [0.5, 0.6) is 0 Å². The largest absolute Gasteiger partial charge is 0.376 e. The number of aromatic nitrogens is 3. The summed E-state index contributed by atoms with van der Waals surface area (Å²) >= 11 is 0. The molecule has 0 N–H and O–H groups in total. The van der Waals surface area contributed by atoms with Crippen molar-refractivity contribution < 1.29 is 9.47 Å². The van der Waals surface area contributed by atoms with E-state index in [0.29, 0.717) is 6.61 Å². The summed E-state index contributed by atoms with van der Waals surface area (Å²) in [5, 5.41) is 0. The van der Waals surface area contributed by atoms with Crippen molar-refractivity contribution >= 4 is 5.95 Å². The number of ether oxygens (including phenoxy) is 2. The Morgan fingerprint density at radius 1 is 1.17 bits per heavy atom. The van der Waals surface area contributed by atoms with Crippen molar-refractivity contribution in [1.29, 1.82) is 0 Å². The maximum atomic E-state index is 6.00. The van der Waals surface area contributed by atoms with Gasteiger partial charge in [-0.2, -0.15) is 0 Å². The molecule has 7 nitrogen and oxygen atoms in total. The second kappa shape index (κ2) is 7.63. The number of hydrogen-bond donors (Lipinski definition) is 0. The molecular formula is C22H29N5O2. The fourth-order valence-corrected chi connectivity index (χ4v) is 5.03. The van der Waals surface area contributed by atoms with Gasteiger partial charge in [-0.25, -0.2) is 9.97 Å². The van der Waals surface area contributed by atoms with Crippen LogP contribution in [0.15, 0.2) is 30.7 Å². The normalized spacial score (nSPS) is 29.9. The average molecular weight is 396 g/mol. The van der Waals surface area contributed by atoms with E-state index in [0.717, 1.165) is 57.3 Å². The highest BCUT2D eigenvalue weighted by molar-refractivity contribution is 5.39. The summed E-state index contributed by atoms with van der Waals surface area (Å²) in [5.74, 6) is 0.833. The number of likely N-dealkylation sites (tertiary alicyclic amines) is 1. The van der Waals surface area contributed by atoms with Crippen molar-refractivity contribution in [2.24, 2.45) is 0 Å². The molecule has 0 saturated carbocycles. The lowest BCUT2D eigenvalue weighted by Gasteiger charge is -2.38. The molecule has 5 heterocycles. The Bertz CT molecular complexity index is 854. The molecule has 0 amide bonds. The van der Waals surface area contributed by atoms with Crippen molar-refractivity contribution in [1.82, 2.24) is 19.9 Å². The molecule has 0 aliphatic carbocycles. The van der Waals surface area contributed by atoms with E-state index in [-0.39, 0.29) is 17.6 Å². The van der Waals surface area contributed by atoms with Gasteiger partial charge in [0.15, 0.2) is 0 Å². The van der Waals surface area contributed by atoms with Gasteiger partial charge >= 0.3 is 0 Å². The van der Waals surface area contributed by atoms with Gasteiger partial charge in [0, 0.05) is 50.3 Å². The monoisotopic (exact) mass is 395 g/mol. The van der Waals surface area contributed by atoms with Gasteiger partial charge < -0.3 is 14.4 Å². The molecule has 7 heteroatoms. The third-order valence-corrected chi connectivity index (χ3v) is 6.28. The molecule has 2 saturated heterocycles. The van der Waals surface area contributed by atoms with Crippen LogP contribution in [-0.4, -0.2) is 64.8 Å². The van der Waals surface area contributed by atoms with Crippen molar-refractivity contribution in [3.05, 3.63) is 47.5 Å². The Hall–Kier alpha value is -2.09. The van der Waals surface area contributed by atoms with Gasteiger partial charge in [0.05, 0.1) is 36.5 Å². The summed E-state index contributed by atoms with van der Waals surface area (Å²) in [4.78, 5) is 18.7. The minimum absolute atomic E-state index is 0.0399. The highest BCUT2D eigenvalue weighted by atomic mass is 16.5. The summed E-state index contributed by atoms with van der Waals surface area (Å²) < 4.78 is 11.9. The van der Waals surface area contributed by atoms with E-state index in [4.69, 9.17) is 14.5 Å². The Balaban J connectivity index is 1.40. The summed E-state index contributed by atoms with van der Waals surface area (Å²) in [6.07, 6.45) is 7.16. The molecule has 0 bridgehead atoms. The second-order valence-corrected chi connectivity index (χ2v) is 8.80. The van der Waals surface area contributed by atoms with E-state index in [1.165, 1.54) is 11.3 Å². The molecular weight excluding hydrogens is 366 g/mol. The van der Waals surface area contributed by atoms with Gasteiger partial charge in [0.1, 0.15) is 0 Å². The summed E-state index contributed by atoms with van der Waals surface area (Å²) in [6, 6.07) is 4.19. The Kier molecular flexibility index (Phi) is 4.97. The van der Waals surface area contributed by atoms with Crippen LogP contribution in [0, 0.1) is 0 Å². The summed E-state index contributed by atoms with van der Waals surface area (Å²) in [7, 11) is 0. The minimum atomic E-state index is -0.0399. The van der Waals surface area contributed by atoms with Crippen LogP contribution in [0.3, 0.4) is 0 Å². The molecule has 0 radical (unpaired) electrons.